The van der Waals surface area contributed by atoms with Crippen molar-refractivity contribution in [3.05, 3.63) is 83.8 Å². The van der Waals surface area contributed by atoms with Crippen LogP contribution in [0.25, 0.3) is 17.0 Å². The van der Waals surface area contributed by atoms with Crippen molar-refractivity contribution in [2.45, 2.75) is 13.3 Å². The SMILES string of the molecule is Cc1ccn2c(C(=O)Nc3ccc(CC(=O)O)cc3)c(-c3ccccc3)nc2n1. The van der Waals surface area contributed by atoms with Crippen LogP contribution in [0.2, 0.25) is 0 Å². The van der Waals surface area contributed by atoms with Crippen LogP contribution in [-0.2, 0) is 11.2 Å². The van der Waals surface area contributed by atoms with Gasteiger partial charge in [0, 0.05) is 23.1 Å². The average molecular weight is 386 g/mol. The highest BCUT2D eigenvalue weighted by Gasteiger charge is 2.21. The Morgan fingerprint density at radius 2 is 1.72 bits per heavy atom. The van der Waals surface area contributed by atoms with Gasteiger partial charge in [-0.2, -0.15) is 0 Å². The van der Waals surface area contributed by atoms with Gasteiger partial charge in [0.1, 0.15) is 11.4 Å². The Bertz CT molecular complexity index is 1200. The minimum absolute atomic E-state index is 0.0648. The lowest BCUT2D eigenvalue weighted by atomic mass is 10.1. The van der Waals surface area contributed by atoms with Gasteiger partial charge in [-0.25, -0.2) is 9.97 Å². The molecule has 2 aromatic carbocycles. The summed E-state index contributed by atoms with van der Waals surface area (Å²) in [7, 11) is 0. The quantitative estimate of drug-likeness (QED) is 0.546. The maximum atomic E-state index is 13.1. The number of hydrogen-bond donors (Lipinski definition) is 2. The fourth-order valence-corrected chi connectivity index (χ4v) is 3.10. The smallest absolute Gasteiger partial charge is 0.307 e. The molecular weight excluding hydrogens is 368 g/mol. The van der Waals surface area contributed by atoms with E-state index in [9.17, 15) is 9.59 Å². The summed E-state index contributed by atoms with van der Waals surface area (Å²) in [4.78, 5) is 33.0. The lowest BCUT2D eigenvalue weighted by Gasteiger charge is -2.08. The summed E-state index contributed by atoms with van der Waals surface area (Å²) in [5, 5.41) is 11.7. The summed E-state index contributed by atoms with van der Waals surface area (Å²) in [6.45, 7) is 1.87. The maximum Gasteiger partial charge on any atom is 0.307 e. The van der Waals surface area contributed by atoms with Crippen molar-refractivity contribution in [2.24, 2.45) is 0 Å². The van der Waals surface area contributed by atoms with Crippen LogP contribution in [0.1, 0.15) is 21.7 Å². The van der Waals surface area contributed by atoms with E-state index in [1.807, 2.05) is 43.3 Å². The van der Waals surface area contributed by atoms with Gasteiger partial charge in [-0.3, -0.25) is 14.0 Å². The number of fused-ring (bicyclic) bond motifs is 1. The molecule has 0 aliphatic rings. The molecule has 2 aromatic heterocycles. The number of imidazole rings is 1. The molecule has 0 unspecified atom stereocenters. The number of carboxylic acids is 1. The number of aliphatic carboxylic acids is 1. The van der Waals surface area contributed by atoms with Gasteiger partial charge in [-0.15, -0.1) is 0 Å². The number of carboxylic acid groups (broad SMARTS) is 1. The number of amides is 1. The third-order valence-electron chi connectivity index (χ3n) is 4.46. The number of carbonyl (C=O) groups is 2. The van der Waals surface area contributed by atoms with Crippen molar-refractivity contribution in [1.82, 2.24) is 14.4 Å². The van der Waals surface area contributed by atoms with E-state index in [1.165, 1.54) is 0 Å². The molecule has 7 nitrogen and oxygen atoms in total. The van der Waals surface area contributed by atoms with Crippen LogP contribution in [0.4, 0.5) is 5.69 Å². The van der Waals surface area contributed by atoms with Crippen LogP contribution < -0.4 is 5.32 Å². The van der Waals surface area contributed by atoms with Gasteiger partial charge < -0.3 is 10.4 Å². The number of aromatic nitrogens is 3. The second-order valence-corrected chi connectivity index (χ2v) is 6.64. The molecule has 7 heteroatoms. The van der Waals surface area contributed by atoms with Crippen LogP contribution >= 0.6 is 0 Å². The molecule has 0 aliphatic heterocycles. The van der Waals surface area contributed by atoms with Gasteiger partial charge in [-0.1, -0.05) is 42.5 Å². The molecule has 0 saturated carbocycles. The maximum absolute atomic E-state index is 13.1. The highest BCUT2D eigenvalue weighted by atomic mass is 16.4. The van der Waals surface area contributed by atoms with Crippen LogP contribution in [0, 0.1) is 6.92 Å². The highest BCUT2D eigenvalue weighted by Crippen LogP contribution is 2.25. The van der Waals surface area contributed by atoms with Crippen molar-refractivity contribution in [3.8, 4) is 11.3 Å². The van der Waals surface area contributed by atoms with E-state index >= 15 is 0 Å². The molecule has 0 aliphatic carbocycles. The predicted octanol–water partition coefficient (Wildman–Crippen LogP) is 3.58. The van der Waals surface area contributed by atoms with Gasteiger partial charge in [0.05, 0.1) is 6.42 Å². The normalized spacial score (nSPS) is 10.8. The molecule has 2 heterocycles. The van der Waals surface area contributed by atoms with Crippen molar-refractivity contribution < 1.29 is 14.7 Å². The Morgan fingerprint density at radius 1 is 1.00 bits per heavy atom. The molecule has 144 valence electrons. The second-order valence-electron chi connectivity index (χ2n) is 6.64. The summed E-state index contributed by atoms with van der Waals surface area (Å²) in [5.74, 6) is -0.776. The Morgan fingerprint density at radius 3 is 2.41 bits per heavy atom. The van der Waals surface area contributed by atoms with Gasteiger partial charge in [0.25, 0.3) is 5.91 Å². The first-order valence-corrected chi connectivity index (χ1v) is 9.04. The number of aryl methyl sites for hydroxylation is 1. The van der Waals surface area contributed by atoms with Gasteiger partial charge in [-0.05, 0) is 30.7 Å². The fourth-order valence-electron chi connectivity index (χ4n) is 3.10. The zero-order valence-corrected chi connectivity index (χ0v) is 15.7. The third-order valence-corrected chi connectivity index (χ3v) is 4.46. The summed E-state index contributed by atoms with van der Waals surface area (Å²) in [5.41, 5.74) is 3.78. The average Bonchev–Trinajstić information content (AvgIpc) is 3.08. The molecule has 4 rings (SSSR count). The minimum atomic E-state index is -0.900. The number of anilines is 1. The van der Waals surface area contributed by atoms with E-state index in [0.717, 1.165) is 11.3 Å². The van der Waals surface area contributed by atoms with E-state index in [4.69, 9.17) is 5.11 Å². The number of nitrogens with zero attached hydrogens (tertiary/aromatic N) is 3. The molecule has 0 atom stereocenters. The Balaban J connectivity index is 1.72. The molecule has 2 N–H and O–H groups in total. The second kappa shape index (κ2) is 7.55. The fraction of sp³-hybridized carbons (Fsp3) is 0.0909. The molecule has 0 saturated heterocycles. The molecule has 0 fully saturated rings. The van der Waals surface area contributed by atoms with E-state index in [2.05, 4.69) is 15.3 Å². The first-order chi connectivity index (χ1) is 14.0. The molecular formula is C22H18N4O3. The van der Waals surface area contributed by atoms with Crippen LogP contribution in [0.15, 0.2) is 66.9 Å². The van der Waals surface area contributed by atoms with Gasteiger partial charge in [0.2, 0.25) is 5.78 Å². The van der Waals surface area contributed by atoms with Crippen molar-refractivity contribution >= 4 is 23.3 Å². The summed E-state index contributed by atoms with van der Waals surface area (Å²) in [6, 6.07) is 18.0. The summed E-state index contributed by atoms with van der Waals surface area (Å²) >= 11 is 0. The zero-order chi connectivity index (χ0) is 20.4. The minimum Gasteiger partial charge on any atom is -0.481 e. The van der Waals surface area contributed by atoms with E-state index in [-0.39, 0.29) is 12.3 Å². The summed E-state index contributed by atoms with van der Waals surface area (Å²) < 4.78 is 1.67. The van der Waals surface area contributed by atoms with Crippen LogP contribution in [-0.4, -0.2) is 31.4 Å². The van der Waals surface area contributed by atoms with Crippen molar-refractivity contribution in [3.63, 3.8) is 0 Å². The topological polar surface area (TPSA) is 96.6 Å². The number of carbonyl (C=O) groups excluding carboxylic acids is 1. The van der Waals surface area contributed by atoms with E-state index in [0.29, 0.717) is 28.4 Å². The first kappa shape index (κ1) is 18.4. The largest absolute Gasteiger partial charge is 0.481 e. The Kier molecular flexibility index (Phi) is 4.78. The molecule has 0 spiro atoms. The molecule has 0 bridgehead atoms. The number of hydrogen-bond acceptors (Lipinski definition) is 4. The monoisotopic (exact) mass is 386 g/mol. The summed E-state index contributed by atoms with van der Waals surface area (Å²) in [6.07, 6.45) is 1.71. The molecule has 29 heavy (non-hydrogen) atoms. The number of rotatable bonds is 5. The molecule has 0 radical (unpaired) electrons. The van der Waals surface area contributed by atoms with E-state index in [1.54, 1.807) is 34.9 Å². The standard InChI is InChI=1S/C22H18N4O3/c1-14-11-12-26-20(19(25-22(26)23-14)16-5-3-2-4-6-16)21(29)24-17-9-7-15(8-10-17)13-18(27)28/h2-12H,13H2,1H3,(H,24,29)(H,27,28). The first-order valence-electron chi connectivity index (χ1n) is 9.04. The number of benzene rings is 2. The highest BCUT2D eigenvalue weighted by molar-refractivity contribution is 6.07. The van der Waals surface area contributed by atoms with Crippen molar-refractivity contribution in [2.75, 3.05) is 5.32 Å². The van der Waals surface area contributed by atoms with Gasteiger partial charge in [0.15, 0.2) is 0 Å². The van der Waals surface area contributed by atoms with Crippen molar-refractivity contribution in [1.29, 1.82) is 0 Å². The third kappa shape index (κ3) is 3.84. The predicted molar refractivity (Wildman–Crippen MR) is 109 cm³/mol. The zero-order valence-electron chi connectivity index (χ0n) is 15.7. The number of nitrogens with one attached hydrogen (secondary N) is 1. The van der Waals surface area contributed by atoms with E-state index < -0.39 is 5.97 Å². The Hall–Kier alpha value is -4.00. The van der Waals surface area contributed by atoms with Crippen LogP contribution in [0.3, 0.4) is 0 Å². The molecule has 4 aromatic rings. The molecule has 1 amide bonds. The van der Waals surface area contributed by atoms with Crippen LogP contribution in [0.5, 0.6) is 0 Å². The van der Waals surface area contributed by atoms with Gasteiger partial charge >= 0.3 is 5.97 Å². The Labute approximate surface area is 166 Å². The lowest BCUT2D eigenvalue weighted by Crippen LogP contribution is -2.15. The lowest BCUT2D eigenvalue weighted by molar-refractivity contribution is -0.136.